The number of nitrogens with zero attached hydrogens (tertiary/aromatic N) is 1. The van der Waals surface area contributed by atoms with E-state index in [1.54, 1.807) is 18.2 Å². The molecule has 1 heterocycles. The number of aromatic hydroxyl groups is 1. The average Bonchev–Trinajstić information content (AvgIpc) is 2.81. The van der Waals surface area contributed by atoms with Gasteiger partial charge in [-0.15, -0.1) is 0 Å². The summed E-state index contributed by atoms with van der Waals surface area (Å²) in [7, 11) is 3.79. The maximum absolute atomic E-state index is 12.6. The van der Waals surface area contributed by atoms with Gasteiger partial charge in [0.05, 0.1) is 11.1 Å². The molecule has 0 saturated carbocycles. The molecule has 2 aromatic carbocycles. The Balaban J connectivity index is 2.04. The summed E-state index contributed by atoms with van der Waals surface area (Å²) in [4.78, 5) is 14.5. The van der Waals surface area contributed by atoms with E-state index >= 15 is 0 Å². The molecule has 23 heavy (non-hydrogen) atoms. The quantitative estimate of drug-likeness (QED) is 0.830. The number of fused-ring (bicyclic) bond motifs is 1. The standard InChI is InChI=1S/C18H16BrNO3/c1-20(2)10-13-15(21)8-7-12-17(22)16(23-18(12)13)9-11-5-3-4-6-14(11)19/h3-9,21H,10H2,1-2H3/b16-9+. The Hall–Kier alpha value is -2.11. The molecule has 0 bridgehead atoms. The van der Waals surface area contributed by atoms with Crippen molar-refractivity contribution in [3.63, 3.8) is 0 Å². The van der Waals surface area contributed by atoms with Crippen molar-refractivity contribution in [2.45, 2.75) is 6.54 Å². The van der Waals surface area contributed by atoms with Crippen LogP contribution in [0.15, 0.2) is 46.6 Å². The first kappa shape index (κ1) is 15.8. The van der Waals surface area contributed by atoms with Crippen LogP contribution in [0, 0.1) is 0 Å². The van der Waals surface area contributed by atoms with Gasteiger partial charge in [-0.2, -0.15) is 0 Å². The molecule has 0 unspecified atom stereocenters. The van der Waals surface area contributed by atoms with Crippen LogP contribution >= 0.6 is 15.9 Å². The molecule has 0 saturated heterocycles. The maximum atomic E-state index is 12.6. The summed E-state index contributed by atoms with van der Waals surface area (Å²) >= 11 is 3.46. The number of hydrogen-bond donors (Lipinski definition) is 1. The molecule has 4 nitrogen and oxygen atoms in total. The van der Waals surface area contributed by atoms with Crippen LogP contribution in [0.5, 0.6) is 11.5 Å². The van der Waals surface area contributed by atoms with E-state index in [0.29, 0.717) is 23.4 Å². The number of halogens is 1. The van der Waals surface area contributed by atoms with E-state index in [0.717, 1.165) is 10.0 Å². The van der Waals surface area contributed by atoms with E-state index in [1.807, 2.05) is 43.3 Å². The van der Waals surface area contributed by atoms with E-state index in [-0.39, 0.29) is 17.3 Å². The van der Waals surface area contributed by atoms with Crippen molar-refractivity contribution in [2.24, 2.45) is 0 Å². The number of rotatable bonds is 3. The van der Waals surface area contributed by atoms with Crippen molar-refractivity contribution >= 4 is 27.8 Å². The number of hydrogen-bond acceptors (Lipinski definition) is 4. The van der Waals surface area contributed by atoms with Crippen LogP contribution in [-0.2, 0) is 6.54 Å². The maximum Gasteiger partial charge on any atom is 0.231 e. The average molecular weight is 374 g/mol. The van der Waals surface area contributed by atoms with Crippen molar-refractivity contribution in [3.8, 4) is 11.5 Å². The second-order valence-electron chi connectivity index (χ2n) is 5.64. The molecule has 0 atom stereocenters. The lowest BCUT2D eigenvalue weighted by molar-refractivity contribution is 0.101. The van der Waals surface area contributed by atoms with Gasteiger partial charge in [0.1, 0.15) is 11.5 Å². The lowest BCUT2D eigenvalue weighted by Gasteiger charge is -2.14. The van der Waals surface area contributed by atoms with E-state index in [2.05, 4.69) is 15.9 Å². The van der Waals surface area contributed by atoms with Crippen LogP contribution in [0.2, 0.25) is 0 Å². The summed E-state index contributed by atoms with van der Waals surface area (Å²) in [5, 5.41) is 10.1. The minimum Gasteiger partial charge on any atom is -0.507 e. The third-order valence-corrected chi connectivity index (χ3v) is 4.30. The molecule has 1 aliphatic rings. The molecular formula is C18H16BrNO3. The predicted molar refractivity (Wildman–Crippen MR) is 92.6 cm³/mol. The van der Waals surface area contributed by atoms with Crippen LogP contribution in [0.4, 0.5) is 0 Å². The van der Waals surface area contributed by atoms with Crippen LogP contribution in [0.3, 0.4) is 0 Å². The fourth-order valence-electron chi connectivity index (χ4n) is 2.50. The van der Waals surface area contributed by atoms with Gasteiger partial charge in [0, 0.05) is 11.0 Å². The number of carbonyl (C=O) groups excluding carboxylic acids is 1. The van der Waals surface area contributed by atoms with Crippen LogP contribution in [0.25, 0.3) is 6.08 Å². The van der Waals surface area contributed by atoms with Gasteiger partial charge in [0.15, 0.2) is 5.76 Å². The Morgan fingerprint density at radius 3 is 2.65 bits per heavy atom. The largest absolute Gasteiger partial charge is 0.507 e. The van der Waals surface area contributed by atoms with E-state index < -0.39 is 0 Å². The highest BCUT2D eigenvalue weighted by Gasteiger charge is 2.31. The minimum absolute atomic E-state index is 0.132. The van der Waals surface area contributed by atoms with Gasteiger partial charge in [0.2, 0.25) is 5.78 Å². The van der Waals surface area contributed by atoms with Gasteiger partial charge in [-0.25, -0.2) is 0 Å². The summed E-state index contributed by atoms with van der Waals surface area (Å²) in [6.07, 6.45) is 1.71. The summed E-state index contributed by atoms with van der Waals surface area (Å²) in [5.41, 5.74) is 1.97. The highest BCUT2D eigenvalue weighted by molar-refractivity contribution is 9.10. The first-order chi connectivity index (χ1) is 11.0. The van der Waals surface area contributed by atoms with Crippen molar-refractivity contribution < 1.29 is 14.6 Å². The van der Waals surface area contributed by atoms with Crippen molar-refractivity contribution in [3.05, 3.63) is 63.3 Å². The smallest absolute Gasteiger partial charge is 0.231 e. The van der Waals surface area contributed by atoms with Gasteiger partial charge < -0.3 is 14.7 Å². The molecule has 0 aliphatic carbocycles. The lowest BCUT2D eigenvalue weighted by Crippen LogP contribution is -2.11. The molecule has 2 aromatic rings. The van der Waals surface area contributed by atoms with Crippen molar-refractivity contribution in [2.75, 3.05) is 14.1 Å². The van der Waals surface area contributed by atoms with Gasteiger partial charge in [-0.1, -0.05) is 34.1 Å². The van der Waals surface area contributed by atoms with E-state index in [1.165, 1.54) is 0 Å². The molecule has 1 aliphatic heterocycles. The predicted octanol–water partition coefficient (Wildman–Crippen LogP) is 3.83. The number of carbonyl (C=O) groups is 1. The minimum atomic E-state index is -0.171. The van der Waals surface area contributed by atoms with Gasteiger partial charge in [0.25, 0.3) is 0 Å². The fraction of sp³-hybridized carbons (Fsp3) is 0.167. The normalized spacial score (nSPS) is 15.1. The SMILES string of the molecule is CN(C)Cc1c(O)ccc2c1O/C(=C/c1ccccc1Br)C2=O. The molecule has 0 radical (unpaired) electrons. The molecule has 3 rings (SSSR count). The molecular weight excluding hydrogens is 358 g/mol. The summed E-state index contributed by atoms with van der Waals surface area (Å²) in [6.45, 7) is 0.491. The number of ether oxygens (including phenoxy) is 1. The molecule has 5 heteroatoms. The summed E-state index contributed by atoms with van der Waals surface area (Å²) < 4.78 is 6.68. The second-order valence-corrected chi connectivity index (χ2v) is 6.49. The highest BCUT2D eigenvalue weighted by atomic mass is 79.9. The number of allylic oxidation sites excluding steroid dienone is 1. The monoisotopic (exact) mass is 373 g/mol. The van der Waals surface area contributed by atoms with Gasteiger partial charge in [-0.05, 0) is 43.9 Å². The molecule has 0 fully saturated rings. The zero-order valence-electron chi connectivity index (χ0n) is 12.8. The van der Waals surface area contributed by atoms with Crippen LogP contribution < -0.4 is 4.74 Å². The van der Waals surface area contributed by atoms with Crippen LogP contribution in [-0.4, -0.2) is 29.9 Å². The summed E-state index contributed by atoms with van der Waals surface area (Å²) in [6, 6.07) is 10.8. The molecule has 1 N–H and O–H groups in total. The zero-order chi connectivity index (χ0) is 16.6. The lowest BCUT2D eigenvalue weighted by atomic mass is 10.0. The Bertz CT molecular complexity index is 812. The van der Waals surface area contributed by atoms with Crippen molar-refractivity contribution in [1.82, 2.24) is 4.90 Å². The van der Waals surface area contributed by atoms with E-state index in [4.69, 9.17) is 4.74 Å². The number of ketones is 1. The second kappa shape index (κ2) is 6.18. The Morgan fingerprint density at radius 1 is 1.22 bits per heavy atom. The third-order valence-electron chi connectivity index (χ3n) is 3.58. The first-order valence-electron chi connectivity index (χ1n) is 7.15. The third kappa shape index (κ3) is 3.02. The highest BCUT2D eigenvalue weighted by Crippen LogP contribution is 2.40. The molecule has 0 spiro atoms. The van der Waals surface area contributed by atoms with Crippen molar-refractivity contribution in [1.29, 1.82) is 0 Å². The Morgan fingerprint density at radius 2 is 1.96 bits per heavy atom. The molecule has 118 valence electrons. The van der Waals surface area contributed by atoms with Crippen LogP contribution in [0.1, 0.15) is 21.5 Å². The topological polar surface area (TPSA) is 49.8 Å². The number of phenols is 1. The molecule has 0 aromatic heterocycles. The first-order valence-corrected chi connectivity index (χ1v) is 7.95. The Kier molecular flexibility index (Phi) is 4.24. The number of phenolic OH excluding ortho intramolecular Hbond substituents is 1. The number of Topliss-reactive ketones (excluding diaryl/α,β-unsaturated/α-hetero) is 1. The fourth-order valence-corrected chi connectivity index (χ4v) is 2.90. The molecule has 0 amide bonds. The number of benzene rings is 2. The van der Waals surface area contributed by atoms with Gasteiger partial charge >= 0.3 is 0 Å². The zero-order valence-corrected chi connectivity index (χ0v) is 14.4. The summed E-state index contributed by atoms with van der Waals surface area (Å²) in [5.74, 6) is 0.669. The van der Waals surface area contributed by atoms with Gasteiger partial charge in [-0.3, -0.25) is 4.79 Å². The van der Waals surface area contributed by atoms with E-state index in [9.17, 15) is 9.90 Å². The Labute approximate surface area is 143 Å².